The van der Waals surface area contributed by atoms with Crippen molar-refractivity contribution in [2.24, 2.45) is 0 Å². The average Bonchev–Trinajstić information content (AvgIpc) is 2.39. The van der Waals surface area contributed by atoms with E-state index in [-0.39, 0.29) is 0 Å². The number of aryl methyl sites for hydroxylation is 1. The van der Waals surface area contributed by atoms with Gasteiger partial charge in [-0.2, -0.15) is 0 Å². The van der Waals surface area contributed by atoms with E-state index in [0.717, 1.165) is 23.9 Å². The second-order valence-corrected chi connectivity index (χ2v) is 5.27. The van der Waals surface area contributed by atoms with Crippen molar-refractivity contribution in [3.8, 4) is 0 Å². The van der Waals surface area contributed by atoms with E-state index in [4.69, 9.17) is 0 Å². The largest absolute Gasteiger partial charge is 0.373 e. The molecule has 1 saturated carbocycles. The summed E-state index contributed by atoms with van der Waals surface area (Å²) in [6, 6.07) is 2.69. The molecule has 0 radical (unpaired) electrons. The van der Waals surface area contributed by atoms with Gasteiger partial charge in [0.15, 0.2) is 0 Å². The Bertz CT molecular complexity index is 385. The molecule has 0 unspecified atom stereocenters. The number of hydrogen-bond donors (Lipinski definition) is 1. The Balaban J connectivity index is 2.01. The molecule has 1 aromatic rings. The van der Waals surface area contributed by atoms with Gasteiger partial charge in [-0.3, -0.25) is 4.90 Å². The molecule has 100 valence electrons. The molecule has 0 saturated heterocycles. The van der Waals surface area contributed by atoms with Crippen LogP contribution in [0.25, 0.3) is 0 Å². The first-order valence-corrected chi connectivity index (χ1v) is 6.91. The quantitative estimate of drug-likeness (QED) is 0.889. The molecule has 0 spiro atoms. The highest BCUT2D eigenvalue weighted by atomic mass is 15.2. The molecule has 1 aliphatic rings. The zero-order chi connectivity index (χ0) is 13.0. The standard InChI is InChI=1S/C14H24N4/c1-11-9-13(15-2)17-14(16-11)10-18(3)12-7-5-4-6-8-12/h9,12H,4-8,10H2,1-3H3,(H,15,16,17). The highest BCUT2D eigenvalue weighted by Gasteiger charge is 2.18. The maximum absolute atomic E-state index is 4.52. The first kappa shape index (κ1) is 13.3. The third-order valence-electron chi connectivity index (χ3n) is 3.75. The van der Waals surface area contributed by atoms with Crippen LogP contribution in [0.5, 0.6) is 0 Å². The monoisotopic (exact) mass is 248 g/mol. The smallest absolute Gasteiger partial charge is 0.144 e. The van der Waals surface area contributed by atoms with Gasteiger partial charge in [0.2, 0.25) is 0 Å². The number of hydrogen-bond acceptors (Lipinski definition) is 4. The fourth-order valence-electron chi connectivity index (χ4n) is 2.70. The van der Waals surface area contributed by atoms with Gasteiger partial charge >= 0.3 is 0 Å². The van der Waals surface area contributed by atoms with E-state index in [2.05, 4.69) is 27.2 Å². The molecule has 1 heterocycles. The molecule has 0 bridgehead atoms. The van der Waals surface area contributed by atoms with Crippen LogP contribution in [0.3, 0.4) is 0 Å². The van der Waals surface area contributed by atoms with Crippen molar-refractivity contribution < 1.29 is 0 Å². The summed E-state index contributed by atoms with van der Waals surface area (Å²) in [4.78, 5) is 11.5. The van der Waals surface area contributed by atoms with Crippen LogP contribution in [0.2, 0.25) is 0 Å². The first-order chi connectivity index (χ1) is 8.69. The second-order valence-electron chi connectivity index (χ2n) is 5.27. The predicted octanol–water partition coefficient (Wildman–Crippen LogP) is 2.59. The van der Waals surface area contributed by atoms with E-state index in [9.17, 15) is 0 Å². The van der Waals surface area contributed by atoms with Crippen LogP contribution in [0.1, 0.15) is 43.6 Å². The molecular formula is C14H24N4. The van der Waals surface area contributed by atoms with Crippen molar-refractivity contribution >= 4 is 5.82 Å². The summed E-state index contributed by atoms with van der Waals surface area (Å²) >= 11 is 0. The molecule has 0 amide bonds. The Kier molecular flexibility index (Phi) is 4.53. The Morgan fingerprint density at radius 1 is 1.28 bits per heavy atom. The molecule has 4 heteroatoms. The maximum atomic E-state index is 4.52. The van der Waals surface area contributed by atoms with Crippen LogP contribution in [0, 0.1) is 6.92 Å². The normalized spacial score (nSPS) is 17.1. The minimum atomic E-state index is 0.709. The molecule has 1 aromatic heterocycles. The van der Waals surface area contributed by atoms with E-state index in [1.807, 2.05) is 20.0 Å². The Labute approximate surface area is 110 Å². The molecule has 1 aliphatic carbocycles. The lowest BCUT2D eigenvalue weighted by molar-refractivity contribution is 0.180. The summed E-state index contributed by atoms with van der Waals surface area (Å²) in [5.74, 6) is 1.84. The van der Waals surface area contributed by atoms with Gasteiger partial charge in [0.05, 0.1) is 6.54 Å². The molecule has 1 N–H and O–H groups in total. The fourth-order valence-corrected chi connectivity index (χ4v) is 2.70. The molecule has 0 aliphatic heterocycles. The summed E-state index contributed by atoms with van der Waals surface area (Å²) in [6.45, 7) is 2.87. The first-order valence-electron chi connectivity index (χ1n) is 6.91. The van der Waals surface area contributed by atoms with Gasteiger partial charge in [-0.1, -0.05) is 19.3 Å². The average molecular weight is 248 g/mol. The van der Waals surface area contributed by atoms with Crippen LogP contribution in [0.15, 0.2) is 6.07 Å². The van der Waals surface area contributed by atoms with Crippen LogP contribution in [-0.2, 0) is 6.54 Å². The van der Waals surface area contributed by atoms with Gasteiger partial charge in [0, 0.05) is 24.8 Å². The number of aromatic nitrogens is 2. The van der Waals surface area contributed by atoms with Gasteiger partial charge in [-0.25, -0.2) is 9.97 Å². The second kappa shape index (κ2) is 6.14. The molecular weight excluding hydrogens is 224 g/mol. The summed E-state index contributed by atoms with van der Waals surface area (Å²) in [5, 5.41) is 3.09. The van der Waals surface area contributed by atoms with Crippen molar-refractivity contribution in [2.75, 3.05) is 19.4 Å². The molecule has 1 fully saturated rings. The van der Waals surface area contributed by atoms with Crippen molar-refractivity contribution in [3.63, 3.8) is 0 Å². The van der Waals surface area contributed by atoms with E-state index in [1.54, 1.807) is 0 Å². The molecule has 2 rings (SSSR count). The van der Waals surface area contributed by atoms with Crippen LogP contribution >= 0.6 is 0 Å². The van der Waals surface area contributed by atoms with E-state index >= 15 is 0 Å². The van der Waals surface area contributed by atoms with Crippen molar-refractivity contribution in [1.29, 1.82) is 0 Å². The predicted molar refractivity (Wildman–Crippen MR) is 74.7 cm³/mol. The minimum Gasteiger partial charge on any atom is -0.373 e. The zero-order valence-electron chi connectivity index (χ0n) is 11.7. The molecule has 0 aromatic carbocycles. The molecule has 0 atom stereocenters. The molecule has 18 heavy (non-hydrogen) atoms. The van der Waals surface area contributed by atoms with Gasteiger partial charge in [0.25, 0.3) is 0 Å². The highest BCUT2D eigenvalue weighted by Crippen LogP contribution is 2.22. The number of nitrogens with zero attached hydrogens (tertiary/aromatic N) is 3. The van der Waals surface area contributed by atoms with Crippen LogP contribution in [-0.4, -0.2) is 35.0 Å². The topological polar surface area (TPSA) is 41.1 Å². The number of anilines is 1. The SMILES string of the molecule is CNc1cc(C)nc(CN(C)C2CCCCC2)n1. The van der Waals surface area contributed by atoms with Crippen molar-refractivity contribution in [3.05, 3.63) is 17.6 Å². The number of nitrogens with one attached hydrogen (secondary N) is 1. The lowest BCUT2D eigenvalue weighted by Gasteiger charge is -2.30. The third-order valence-corrected chi connectivity index (χ3v) is 3.75. The van der Waals surface area contributed by atoms with Gasteiger partial charge in [0.1, 0.15) is 11.6 Å². The van der Waals surface area contributed by atoms with E-state index in [0.29, 0.717) is 6.04 Å². The lowest BCUT2D eigenvalue weighted by Crippen LogP contribution is -2.33. The van der Waals surface area contributed by atoms with Gasteiger partial charge in [-0.05, 0) is 26.8 Å². The minimum absolute atomic E-state index is 0.709. The van der Waals surface area contributed by atoms with E-state index < -0.39 is 0 Å². The van der Waals surface area contributed by atoms with Crippen LogP contribution < -0.4 is 5.32 Å². The Morgan fingerprint density at radius 3 is 2.67 bits per heavy atom. The summed E-state index contributed by atoms with van der Waals surface area (Å²) in [7, 11) is 4.09. The summed E-state index contributed by atoms with van der Waals surface area (Å²) in [5.41, 5.74) is 1.03. The summed E-state index contributed by atoms with van der Waals surface area (Å²) in [6.07, 6.45) is 6.77. The Hall–Kier alpha value is -1.16. The maximum Gasteiger partial charge on any atom is 0.144 e. The fraction of sp³-hybridized carbons (Fsp3) is 0.714. The number of rotatable bonds is 4. The molecule has 4 nitrogen and oxygen atoms in total. The van der Waals surface area contributed by atoms with Gasteiger partial charge < -0.3 is 5.32 Å². The summed E-state index contributed by atoms with van der Waals surface area (Å²) < 4.78 is 0. The van der Waals surface area contributed by atoms with Gasteiger partial charge in [-0.15, -0.1) is 0 Å². The van der Waals surface area contributed by atoms with E-state index in [1.165, 1.54) is 32.1 Å². The third kappa shape index (κ3) is 3.42. The van der Waals surface area contributed by atoms with Crippen LogP contribution in [0.4, 0.5) is 5.82 Å². The Morgan fingerprint density at radius 2 is 2.00 bits per heavy atom. The van der Waals surface area contributed by atoms with Crippen molar-refractivity contribution in [2.45, 2.75) is 51.6 Å². The highest BCUT2D eigenvalue weighted by molar-refractivity contribution is 5.34. The van der Waals surface area contributed by atoms with Crippen molar-refractivity contribution in [1.82, 2.24) is 14.9 Å². The lowest BCUT2D eigenvalue weighted by atomic mass is 9.94. The zero-order valence-corrected chi connectivity index (χ0v) is 11.7.